The van der Waals surface area contributed by atoms with Crippen molar-refractivity contribution in [1.29, 1.82) is 0 Å². The molecule has 0 saturated heterocycles. The molecular formula is C23H32. The van der Waals surface area contributed by atoms with Gasteiger partial charge in [-0.3, -0.25) is 0 Å². The van der Waals surface area contributed by atoms with Gasteiger partial charge in [0.1, 0.15) is 0 Å². The van der Waals surface area contributed by atoms with Crippen molar-refractivity contribution in [3.05, 3.63) is 70.8 Å². The summed E-state index contributed by atoms with van der Waals surface area (Å²) in [6.07, 6.45) is 1.09. The van der Waals surface area contributed by atoms with Crippen LogP contribution in [0.2, 0.25) is 0 Å². The van der Waals surface area contributed by atoms with Crippen LogP contribution < -0.4 is 0 Å². The highest BCUT2D eigenvalue weighted by Crippen LogP contribution is 2.32. The summed E-state index contributed by atoms with van der Waals surface area (Å²) in [5.41, 5.74) is 6.22. The Kier molecular flexibility index (Phi) is 5.04. The van der Waals surface area contributed by atoms with E-state index in [1.54, 1.807) is 0 Å². The van der Waals surface area contributed by atoms with Crippen LogP contribution in [-0.4, -0.2) is 0 Å². The minimum atomic E-state index is 0.193. The molecule has 23 heavy (non-hydrogen) atoms. The Morgan fingerprint density at radius 3 is 2.04 bits per heavy atom. The first-order valence-electron chi connectivity index (χ1n) is 8.78. The molecule has 0 nitrogen and oxygen atoms in total. The van der Waals surface area contributed by atoms with Crippen LogP contribution in [0.25, 0.3) is 0 Å². The fraction of sp³-hybridized carbons (Fsp3) is 0.478. The Hall–Kier alpha value is -1.56. The zero-order valence-corrected chi connectivity index (χ0v) is 15.9. The molecule has 0 bridgehead atoms. The molecule has 0 heterocycles. The summed E-state index contributed by atoms with van der Waals surface area (Å²) in [5.74, 6) is 0.528. The van der Waals surface area contributed by atoms with E-state index in [2.05, 4.69) is 97.0 Å². The lowest BCUT2D eigenvalue weighted by atomic mass is 9.78. The van der Waals surface area contributed by atoms with Gasteiger partial charge >= 0.3 is 0 Å². The van der Waals surface area contributed by atoms with Crippen molar-refractivity contribution < 1.29 is 0 Å². The summed E-state index contributed by atoms with van der Waals surface area (Å²) in [5, 5.41) is 0. The van der Waals surface area contributed by atoms with E-state index in [1.165, 1.54) is 22.3 Å². The number of benzene rings is 2. The van der Waals surface area contributed by atoms with Gasteiger partial charge < -0.3 is 0 Å². The fourth-order valence-electron chi connectivity index (χ4n) is 3.24. The molecule has 0 aliphatic rings. The van der Waals surface area contributed by atoms with Gasteiger partial charge in [-0.1, -0.05) is 97.0 Å². The third-order valence-corrected chi connectivity index (χ3v) is 4.63. The summed E-state index contributed by atoms with van der Waals surface area (Å²) in [4.78, 5) is 0. The number of hydrogen-bond donors (Lipinski definition) is 0. The molecule has 0 saturated carbocycles. The van der Waals surface area contributed by atoms with Gasteiger partial charge in [-0.15, -0.1) is 0 Å². The molecule has 0 spiro atoms. The summed E-state index contributed by atoms with van der Waals surface area (Å²) in [6.45, 7) is 16.1. The highest BCUT2D eigenvalue weighted by Gasteiger charge is 2.21. The van der Waals surface area contributed by atoms with Gasteiger partial charge in [0.15, 0.2) is 0 Å². The second-order valence-corrected chi connectivity index (χ2v) is 8.89. The van der Waals surface area contributed by atoms with Gasteiger partial charge in [0, 0.05) is 0 Å². The van der Waals surface area contributed by atoms with Crippen LogP contribution in [0.5, 0.6) is 0 Å². The summed E-state index contributed by atoms with van der Waals surface area (Å²) in [7, 11) is 0. The van der Waals surface area contributed by atoms with Crippen LogP contribution in [-0.2, 0) is 17.3 Å². The number of rotatable bonds is 3. The molecule has 1 atom stereocenters. The average Bonchev–Trinajstić information content (AvgIpc) is 2.46. The van der Waals surface area contributed by atoms with Gasteiger partial charge in [-0.2, -0.15) is 0 Å². The van der Waals surface area contributed by atoms with Crippen molar-refractivity contribution in [2.24, 2.45) is 0 Å². The zero-order chi connectivity index (χ0) is 17.3. The zero-order valence-electron chi connectivity index (χ0n) is 15.9. The fourth-order valence-corrected chi connectivity index (χ4v) is 3.24. The highest BCUT2D eigenvalue weighted by atomic mass is 14.3. The minimum absolute atomic E-state index is 0.193. The third-order valence-electron chi connectivity index (χ3n) is 4.63. The lowest BCUT2D eigenvalue weighted by molar-refractivity contribution is 0.571. The quantitative estimate of drug-likeness (QED) is 0.597. The predicted molar refractivity (Wildman–Crippen MR) is 102 cm³/mol. The summed E-state index contributed by atoms with van der Waals surface area (Å²) in [6, 6.07) is 18.0. The first kappa shape index (κ1) is 17.8. The van der Waals surface area contributed by atoms with Gasteiger partial charge in [0.05, 0.1) is 0 Å². The molecule has 0 aliphatic carbocycles. The van der Waals surface area contributed by atoms with E-state index in [0.717, 1.165) is 6.42 Å². The smallest absolute Gasteiger partial charge is 0.0129 e. The van der Waals surface area contributed by atoms with Crippen molar-refractivity contribution in [2.75, 3.05) is 0 Å². The van der Waals surface area contributed by atoms with E-state index in [0.29, 0.717) is 5.92 Å². The van der Waals surface area contributed by atoms with E-state index in [1.807, 2.05) is 0 Å². The monoisotopic (exact) mass is 308 g/mol. The highest BCUT2D eigenvalue weighted by molar-refractivity contribution is 5.37. The largest absolute Gasteiger partial charge is 0.0620 e. The van der Waals surface area contributed by atoms with Gasteiger partial charge in [-0.25, -0.2) is 0 Å². The molecule has 0 heteroatoms. The second-order valence-electron chi connectivity index (χ2n) is 8.89. The molecule has 2 aromatic rings. The van der Waals surface area contributed by atoms with Gasteiger partial charge in [0.2, 0.25) is 0 Å². The standard InChI is InChI=1S/C23H32/c1-17(20-13-8-9-14-21(20)23(5,6)7)15-18-11-10-12-19(16-18)22(2,3)4/h8-14,16-17H,15H2,1-7H3. The second kappa shape index (κ2) is 6.51. The first-order valence-corrected chi connectivity index (χ1v) is 8.78. The van der Waals surface area contributed by atoms with E-state index in [-0.39, 0.29) is 10.8 Å². The van der Waals surface area contributed by atoms with Crippen molar-refractivity contribution >= 4 is 0 Å². The maximum atomic E-state index is 2.39. The summed E-state index contributed by atoms with van der Waals surface area (Å²) >= 11 is 0. The Morgan fingerprint density at radius 1 is 0.783 bits per heavy atom. The van der Waals surface area contributed by atoms with Crippen LogP contribution in [0.4, 0.5) is 0 Å². The van der Waals surface area contributed by atoms with Gasteiger partial charge in [-0.05, 0) is 45.4 Å². The molecule has 0 aromatic heterocycles. The minimum Gasteiger partial charge on any atom is -0.0620 e. The Labute approximate surface area is 143 Å². The molecule has 0 radical (unpaired) electrons. The predicted octanol–water partition coefficient (Wildman–Crippen LogP) is 6.63. The van der Waals surface area contributed by atoms with Crippen LogP contribution in [0.15, 0.2) is 48.5 Å². The third kappa shape index (κ3) is 4.47. The molecule has 0 amide bonds. The van der Waals surface area contributed by atoms with Crippen LogP contribution in [0, 0.1) is 0 Å². The van der Waals surface area contributed by atoms with Crippen molar-refractivity contribution in [3.8, 4) is 0 Å². The van der Waals surface area contributed by atoms with Crippen LogP contribution in [0.1, 0.15) is 76.6 Å². The Morgan fingerprint density at radius 2 is 1.43 bits per heavy atom. The maximum absolute atomic E-state index is 2.39. The van der Waals surface area contributed by atoms with E-state index in [4.69, 9.17) is 0 Å². The molecule has 2 rings (SSSR count). The Balaban J connectivity index is 2.29. The topological polar surface area (TPSA) is 0 Å². The van der Waals surface area contributed by atoms with Crippen LogP contribution >= 0.6 is 0 Å². The summed E-state index contributed by atoms with van der Waals surface area (Å²) < 4.78 is 0. The number of hydrogen-bond acceptors (Lipinski definition) is 0. The molecule has 0 N–H and O–H groups in total. The van der Waals surface area contributed by atoms with Crippen molar-refractivity contribution in [1.82, 2.24) is 0 Å². The normalized spacial score (nSPS) is 13.9. The van der Waals surface area contributed by atoms with E-state index < -0.39 is 0 Å². The van der Waals surface area contributed by atoms with Crippen molar-refractivity contribution in [2.45, 2.75) is 71.6 Å². The van der Waals surface area contributed by atoms with E-state index in [9.17, 15) is 0 Å². The van der Waals surface area contributed by atoms with Crippen molar-refractivity contribution in [3.63, 3.8) is 0 Å². The molecule has 0 aliphatic heterocycles. The molecule has 2 aromatic carbocycles. The van der Waals surface area contributed by atoms with E-state index >= 15 is 0 Å². The Bertz CT molecular complexity index is 650. The lowest BCUT2D eigenvalue weighted by Crippen LogP contribution is -2.16. The average molecular weight is 309 g/mol. The maximum Gasteiger partial charge on any atom is -0.0129 e. The molecular weight excluding hydrogens is 276 g/mol. The SMILES string of the molecule is CC(Cc1cccc(C(C)(C)C)c1)c1ccccc1C(C)(C)C. The van der Waals surface area contributed by atoms with Gasteiger partial charge in [0.25, 0.3) is 0 Å². The molecule has 1 unspecified atom stereocenters. The van der Waals surface area contributed by atoms with Crippen LogP contribution in [0.3, 0.4) is 0 Å². The molecule has 124 valence electrons. The first-order chi connectivity index (χ1) is 10.6. The lowest BCUT2D eigenvalue weighted by Gasteiger charge is -2.26. The molecule has 0 fully saturated rings.